The fourth-order valence-corrected chi connectivity index (χ4v) is 8.12. The van der Waals surface area contributed by atoms with E-state index in [0.717, 1.165) is 28.4 Å². The molecule has 5 aromatic rings. The second-order valence-electron chi connectivity index (χ2n) is 12.3. The van der Waals surface area contributed by atoms with Crippen molar-refractivity contribution in [3.05, 3.63) is 191 Å². The third-order valence-corrected chi connectivity index (χ3v) is 10.0. The maximum Gasteiger partial charge on any atom is 0.177 e. The predicted molar refractivity (Wildman–Crippen MR) is 179 cm³/mol. The monoisotopic (exact) mass is 565 g/mol. The molecule has 0 amide bonds. The topological polar surface area (TPSA) is 36.8 Å². The zero-order chi connectivity index (χ0) is 29.3. The summed E-state index contributed by atoms with van der Waals surface area (Å²) in [6.07, 6.45) is 9.28. The van der Waals surface area contributed by atoms with Crippen LogP contribution in [0.15, 0.2) is 162 Å². The molecule has 210 valence electrons. The molecule has 0 aromatic heterocycles. The first-order chi connectivity index (χ1) is 21.7. The molecular formula is C41H31N3. The third-order valence-electron chi connectivity index (χ3n) is 10.0. The number of benzene rings is 5. The van der Waals surface area contributed by atoms with E-state index in [1.807, 2.05) is 12.1 Å². The number of aliphatic imine (C=N–C) groups is 2. The average molecular weight is 566 g/mol. The van der Waals surface area contributed by atoms with Crippen LogP contribution in [0.3, 0.4) is 0 Å². The SMILES string of the molecule is CC1(c2ccc3c(c2)C2(c4ccccc4-3)c3ccccc3C3C=CC=CC32)N=C(c2ccccc2)NC(c2ccccc2)=N1. The molecule has 1 spiro atoms. The highest BCUT2D eigenvalue weighted by Gasteiger charge is 2.57. The van der Waals surface area contributed by atoms with Gasteiger partial charge >= 0.3 is 0 Å². The van der Waals surface area contributed by atoms with Crippen molar-refractivity contribution in [1.82, 2.24) is 5.32 Å². The quantitative estimate of drug-likeness (QED) is 0.234. The van der Waals surface area contributed by atoms with E-state index in [-0.39, 0.29) is 11.3 Å². The normalized spacial score (nSPS) is 23.2. The Morgan fingerprint density at radius 2 is 1.16 bits per heavy atom. The Morgan fingerprint density at radius 1 is 0.568 bits per heavy atom. The highest BCUT2D eigenvalue weighted by atomic mass is 15.2. The van der Waals surface area contributed by atoms with E-state index in [2.05, 4.69) is 152 Å². The van der Waals surface area contributed by atoms with Crippen LogP contribution in [0.1, 0.15) is 51.8 Å². The van der Waals surface area contributed by atoms with Crippen LogP contribution >= 0.6 is 0 Å². The van der Waals surface area contributed by atoms with Gasteiger partial charge in [0.1, 0.15) is 11.7 Å². The van der Waals surface area contributed by atoms with Crippen LogP contribution in [0.2, 0.25) is 0 Å². The summed E-state index contributed by atoms with van der Waals surface area (Å²) in [6.45, 7) is 2.14. The minimum atomic E-state index is -0.827. The second kappa shape index (κ2) is 9.36. The first-order valence-electron chi connectivity index (χ1n) is 15.4. The van der Waals surface area contributed by atoms with Gasteiger partial charge in [0.05, 0.1) is 5.41 Å². The number of nitrogens with one attached hydrogen (secondary N) is 1. The van der Waals surface area contributed by atoms with Crippen molar-refractivity contribution >= 4 is 11.7 Å². The Balaban J connectivity index is 1.29. The highest BCUT2D eigenvalue weighted by Crippen LogP contribution is 2.65. The first kappa shape index (κ1) is 25.2. The summed E-state index contributed by atoms with van der Waals surface area (Å²) in [7, 11) is 0. The third kappa shape index (κ3) is 3.44. The van der Waals surface area contributed by atoms with Gasteiger partial charge in [-0.1, -0.05) is 146 Å². The van der Waals surface area contributed by atoms with Crippen LogP contribution in [-0.4, -0.2) is 11.7 Å². The van der Waals surface area contributed by atoms with Gasteiger partial charge in [-0.2, -0.15) is 0 Å². The van der Waals surface area contributed by atoms with Crippen LogP contribution in [-0.2, 0) is 11.1 Å². The van der Waals surface area contributed by atoms with Crippen molar-refractivity contribution in [3.63, 3.8) is 0 Å². The Bertz CT molecular complexity index is 2010. The number of hydrogen-bond acceptors (Lipinski definition) is 3. The molecule has 3 atom stereocenters. The van der Waals surface area contributed by atoms with E-state index in [0.29, 0.717) is 5.92 Å². The zero-order valence-electron chi connectivity index (χ0n) is 24.5. The number of amidine groups is 2. The van der Waals surface area contributed by atoms with Gasteiger partial charge < -0.3 is 5.32 Å². The molecule has 1 aliphatic heterocycles. The Labute approximate surface area is 258 Å². The van der Waals surface area contributed by atoms with Crippen LogP contribution in [0, 0.1) is 5.92 Å². The molecule has 3 unspecified atom stereocenters. The first-order valence-corrected chi connectivity index (χ1v) is 15.4. The molecule has 3 aliphatic carbocycles. The molecule has 0 fully saturated rings. The molecule has 0 saturated heterocycles. The van der Waals surface area contributed by atoms with Crippen molar-refractivity contribution in [2.24, 2.45) is 15.9 Å². The lowest BCUT2D eigenvalue weighted by molar-refractivity contribution is 0.462. The summed E-state index contributed by atoms with van der Waals surface area (Å²) < 4.78 is 0. The van der Waals surface area contributed by atoms with Crippen LogP contribution in [0.25, 0.3) is 11.1 Å². The van der Waals surface area contributed by atoms with Crippen molar-refractivity contribution in [2.45, 2.75) is 23.9 Å². The maximum absolute atomic E-state index is 5.34. The second-order valence-corrected chi connectivity index (χ2v) is 12.3. The number of rotatable bonds is 3. The van der Waals surface area contributed by atoms with Gasteiger partial charge in [-0.3, -0.25) is 0 Å². The molecule has 0 radical (unpaired) electrons. The van der Waals surface area contributed by atoms with E-state index in [1.165, 1.54) is 33.4 Å². The minimum Gasteiger partial charge on any atom is -0.324 e. The lowest BCUT2D eigenvalue weighted by Gasteiger charge is -2.37. The molecule has 4 aliphatic rings. The fourth-order valence-electron chi connectivity index (χ4n) is 8.12. The molecule has 5 aromatic carbocycles. The lowest BCUT2D eigenvalue weighted by atomic mass is 9.65. The average Bonchev–Trinajstić information content (AvgIpc) is 3.56. The largest absolute Gasteiger partial charge is 0.324 e. The fraction of sp³-hybridized carbons (Fsp3) is 0.122. The van der Waals surface area contributed by atoms with Gasteiger partial charge in [0, 0.05) is 28.5 Å². The van der Waals surface area contributed by atoms with Crippen molar-refractivity contribution in [2.75, 3.05) is 0 Å². The Kier molecular flexibility index (Phi) is 5.37. The smallest absolute Gasteiger partial charge is 0.177 e. The van der Waals surface area contributed by atoms with Crippen molar-refractivity contribution in [1.29, 1.82) is 0 Å². The van der Waals surface area contributed by atoms with Gasteiger partial charge in [0.25, 0.3) is 0 Å². The Morgan fingerprint density at radius 3 is 1.89 bits per heavy atom. The molecule has 3 heteroatoms. The van der Waals surface area contributed by atoms with Crippen molar-refractivity contribution in [3.8, 4) is 11.1 Å². The summed E-state index contributed by atoms with van der Waals surface area (Å²) in [6, 6.07) is 45.8. The molecule has 3 nitrogen and oxygen atoms in total. The van der Waals surface area contributed by atoms with Crippen LogP contribution < -0.4 is 5.32 Å². The number of nitrogens with zero attached hydrogens (tertiary/aromatic N) is 2. The summed E-state index contributed by atoms with van der Waals surface area (Å²) >= 11 is 0. The van der Waals surface area contributed by atoms with Gasteiger partial charge in [0.15, 0.2) is 5.66 Å². The van der Waals surface area contributed by atoms with Gasteiger partial charge in [0.2, 0.25) is 0 Å². The summed E-state index contributed by atoms with van der Waals surface area (Å²) in [5.74, 6) is 2.27. The molecule has 44 heavy (non-hydrogen) atoms. The number of hydrogen-bond donors (Lipinski definition) is 1. The van der Waals surface area contributed by atoms with E-state index in [1.54, 1.807) is 0 Å². The van der Waals surface area contributed by atoms with Crippen LogP contribution in [0.4, 0.5) is 0 Å². The summed E-state index contributed by atoms with van der Waals surface area (Å²) in [5.41, 5.74) is 10.3. The molecule has 1 heterocycles. The van der Waals surface area contributed by atoms with Gasteiger partial charge in [-0.25, -0.2) is 9.98 Å². The number of fused-ring (bicyclic) bond motifs is 10. The molecule has 1 N–H and O–H groups in total. The standard InChI is InChI=1S/C41H31N3/c1-40(43-38(27-14-4-2-5-15-27)42-39(44-40)28-16-6-3-7-17-28)29-24-25-33-32-20-10-13-23-36(32)41(37(33)26-29)34-21-11-8-18-30(34)31-19-9-12-22-35(31)41/h2-26,30,34H,1H3,(H,42,43,44). The predicted octanol–water partition coefficient (Wildman–Crippen LogP) is 8.51. The van der Waals surface area contributed by atoms with E-state index >= 15 is 0 Å². The minimum absolute atomic E-state index is 0.286. The number of allylic oxidation sites excluding steroid dienone is 4. The van der Waals surface area contributed by atoms with E-state index in [9.17, 15) is 0 Å². The Hall–Kier alpha value is -5.28. The van der Waals surface area contributed by atoms with Crippen molar-refractivity contribution < 1.29 is 0 Å². The summed E-state index contributed by atoms with van der Waals surface area (Å²) in [5, 5.41) is 3.56. The molecule has 0 bridgehead atoms. The summed E-state index contributed by atoms with van der Waals surface area (Å²) in [4.78, 5) is 10.7. The molecule has 9 rings (SSSR count). The van der Waals surface area contributed by atoms with Crippen LogP contribution in [0.5, 0.6) is 0 Å². The lowest BCUT2D eigenvalue weighted by Crippen LogP contribution is -2.41. The van der Waals surface area contributed by atoms with E-state index in [4.69, 9.17) is 9.98 Å². The maximum atomic E-state index is 5.34. The zero-order valence-corrected chi connectivity index (χ0v) is 24.5. The highest BCUT2D eigenvalue weighted by molar-refractivity contribution is 6.16. The molecular weight excluding hydrogens is 534 g/mol. The van der Waals surface area contributed by atoms with Gasteiger partial charge in [-0.05, 0) is 46.4 Å². The van der Waals surface area contributed by atoms with Gasteiger partial charge in [-0.15, -0.1) is 0 Å². The van der Waals surface area contributed by atoms with E-state index < -0.39 is 5.66 Å². The molecule has 0 saturated carbocycles.